The topological polar surface area (TPSA) is 129 Å². The van der Waals surface area contributed by atoms with E-state index in [2.05, 4.69) is 30.6 Å². The fraction of sp³-hybridized carbons (Fsp3) is 0.375. The molecule has 2 aliphatic heterocycles. The van der Waals surface area contributed by atoms with Crippen molar-refractivity contribution >= 4 is 43.8 Å². The molecule has 2 fully saturated rings. The standard InChI is InChI=1S/C32H37FN6O5S/c1-38(11-12-39-13-17-44-18-14-39)24-5-7-27(30(20-24)34-23-9-15-43-16-10-23)32(40)35-31-28-21-26(6-8-29(28)36-37-31)45(41,42)25-4-2-3-22(33)19-25/h2-8,19-21,23,34H,9-18H2,1H3,(H2,35,36,37,40). The van der Waals surface area contributed by atoms with Gasteiger partial charge < -0.3 is 25.0 Å². The van der Waals surface area contributed by atoms with Crippen molar-refractivity contribution in [3.8, 4) is 0 Å². The Balaban J connectivity index is 1.25. The predicted molar refractivity (Wildman–Crippen MR) is 170 cm³/mol. The highest BCUT2D eigenvalue weighted by molar-refractivity contribution is 7.91. The minimum atomic E-state index is -4.00. The molecular weight excluding hydrogens is 599 g/mol. The molecule has 0 radical (unpaired) electrons. The first-order valence-corrected chi connectivity index (χ1v) is 16.6. The van der Waals surface area contributed by atoms with Crippen LogP contribution >= 0.6 is 0 Å². The lowest BCUT2D eigenvalue weighted by Crippen LogP contribution is -2.40. The predicted octanol–water partition coefficient (Wildman–Crippen LogP) is 4.15. The number of amides is 1. The van der Waals surface area contributed by atoms with Gasteiger partial charge in [-0.15, -0.1) is 0 Å². The Morgan fingerprint density at radius 3 is 2.56 bits per heavy atom. The van der Waals surface area contributed by atoms with E-state index in [1.807, 2.05) is 19.2 Å². The fourth-order valence-corrected chi connectivity index (χ4v) is 6.91. The second kappa shape index (κ2) is 13.5. The van der Waals surface area contributed by atoms with E-state index >= 15 is 0 Å². The molecule has 3 aromatic carbocycles. The van der Waals surface area contributed by atoms with Gasteiger partial charge in [-0.2, -0.15) is 5.10 Å². The minimum Gasteiger partial charge on any atom is -0.381 e. The second-order valence-corrected chi connectivity index (χ2v) is 13.3. The van der Waals surface area contributed by atoms with Crippen LogP contribution in [0, 0.1) is 5.82 Å². The largest absolute Gasteiger partial charge is 0.381 e. The van der Waals surface area contributed by atoms with Crippen LogP contribution in [0.4, 0.5) is 21.6 Å². The Morgan fingerprint density at radius 2 is 1.78 bits per heavy atom. The highest BCUT2D eigenvalue weighted by Gasteiger charge is 2.23. The first kappa shape index (κ1) is 31.0. The summed E-state index contributed by atoms with van der Waals surface area (Å²) in [6, 6.07) is 15.2. The fourth-order valence-electron chi connectivity index (χ4n) is 5.59. The summed E-state index contributed by atoms with van der Waals surface area (Å²) in [4.78, 5) is 18.1. The van der Waals surface area contributed by atoms with Crippen molar-refractivity contribution in [2.75, 3.05) is 75.2 Å². The zero-order valence-electron chi connectivity index (χ0n) is 25.1. The number of carbonyl (C=O) groups excluding carboxylic acids is 1. The summed E-state index contributed by atoms with van der Waals surface area (Å²) in [6.07, 6.45) is 1.65. The molecule has 0 atom stereocenters. The lowest BCUT2D eigenvalue weighted by Gasteiger charge is -2.30. The van der Waals surface area contributed by atoms with Gasteiger partial charge in [-0.3, -0.25) is 14.8 Å². The van der Waals surface area contributed by atoms with Gasteiger partial charge >= 0.3 is 0 Å². The maximum Gasteiger partial charge on any atom is 0.258 e. The van der Waals surface area contributed by atoms with Crippen molar-refractivity contribution in [2.45, 2.75) is 28.7 Å². The first-order valence-electron chi connectivity index (χ1n) is 15.1. The van der Waals surface area contributed by atoms with Crippen molar-refractivity contribution < 1.29 is 27.1 Å². The number of likely N-dealkylation sites (N-methyl/N-ethyl adjacent to an activating group) is 1. The molecule has 0 aliphatic carbocycles. The zero-order valence-corrected chi connectivity index (χ0v) is 25.9. The van der Waals surface area contributed by atoms with Crippen LogP contribution in [-0.4, -0.2) is 95.1 Å². The molecule has 45 heavy (non-hydrogen) atoms. The molecule has 3 N–H and O–H groups in total. The highest BCUT2D eigenvalue weighted by atomic mass is 32.2. The molecule has 0 unspecified atom stereocenters. The van der Waals surface area contributed by atoms with Crippen LogP contribution < -0.4 is 15.5 Å². The van der Waals surface area contributed by atoms with Crippen LogP contribution in [-0.2, 0) is 19.3 Å². The second-order valence-electron chi connectivity index (χ2n) is 11.3. The monoisotopic (exact) mass is 636 g/mol. The summed E-state index contributed by atoms with van der Waals surface area (Å²) < 4.78 is 51.3. The summed E-state index contributed by atoms with van der Waals surface area (Å²) in [7, 11) is -1.96. The molecule has 3 heterocycles. The maximum absolute atomic E-state index is 13.8. The van der Waals surface area contributed by atoms with Crippen molar-refractivity contribution in [3.05, 3.63) is 72.0 Å². The molecule has 0 saturated carbocycles. The lowest BCUT2D eigenvalue weighted by molar-refractivity contribution is 0.0393. The number of hydrogen-bond donors (Lipinski definition) is 3. The molecule has 0 spiro atoms. The van der Waals surface area contributed by atoms with E-state index in [1.165, 1.54) is 30.3 Å². The number of H-pyrrole nitrogens is 1. The number of ether oxygens (including phenoxy) is 2. The molecule has 13 heteroatoms. The summed E-state index contributed by atoms with van der Waals surface area (Å²) in [5.74, 6) is -0.846. The molecule has 4 aromatic rings. The molecule has 1 amide bonds. The molecule has 2 aliphatic rings. The number of morpholine rings is 1. The van der Waals surface area contributed by atoms with E-state index in [9.17, 15) is 17.6 Å². The number of aromatic nitrogens is 2. The SMILES string of the molecule is CN(CCN1CCOCC1)c1ccc(C(=O)Nc2n[nH]c3ccc(S(=O)(=O)c4cccc(F)c4)cc23)c(NC2CCOCC2)c1. The van der Waals surface area contributed by atoms with Crippen molar-refractivity contribution in [1.82, 2.24) is 15.1 Å². The van der Waals surface area contributed by atoms with E-state index in [1.54, 1.807) is 12.1 Å². The quantitative estimate of drug-likeness (QED) is 0.235. The Bertz CT molecular complexity index is 1770. The number of fused-ring (bicyclic) bond motifs is 1. The Morgan fingerprint density at radius 1 is 1.02 bits per heavy atom. The third-order valence-electron chi connectivity index (χ3n) is 8.31. The molecule has 2 saturated heterocycles. The van der Waals surface area contributed by atoms with Crippen LogP contribution in [0.2, 0.25) is 0 Å². The van der Waals surface area contributed by atoms with E-state index in [0.29, 0.717) is 35.4 Å². The lowest BCUT2D eigenvalue weighted by atomic mass is 10.1. The van der Waals surface area contributed by atoms with Crippen LogP contribution in [0.3, 0.4) is 0 Å². The summed E-state index contributed by atoms with van der Waals surface area (Å²) in [5.41, 5.74) is 2.66. The summed E-state index contributed by atoms with van der Waals surface area (Å²) in [5, 5.41) is 14.0. The smallest absolute Gasteiger partial charge is 0.258 e. The van der Waals surface area contributed by atoms with Gasteiger partial charge in [-0.05, 0) is 67.4 Å². The van der Waals surface area contributed by atoms with Crippen LogP contribution in [0.15, 0.2) is 70.5 Å². The Kier molecular flexibility index (Phi) is 9.31. The normalized spacial score (nSPS) is 16.5. The summed E-state index contributed by atoms with van der Waals surface area (Å²) >= 11 is 0. The average molecular weight is 637 g/mol. The number of sulfone groups is 1. The van der Waals surface area contributed by atoms with Crippen LogP contribution in [0.1, 0.15) is 23.2 Å². The van der Waals surface area contributed by atoms with Crippen molar-refractivity contribution in [1.29, 1.82) is 0 Å². The molecular formula is C32H37FN6O5S. The number of anilines is 3. The van der Waals surface area contributed by atoms with E-state index in [0.717, 1.165) is 64.0 Å². The van der Waals surface area contributed by atoms with E-state index in [-0.39, 0.29) is 27.6 Å². The minimum absolute atomic E-state index is 0.0381. The van der Waals surface area contributed by atoms with E-state index in [4.69, 9.17) is 9.47 Å². The zero-order chi connectivity index (χ0) is 31.4. The Hall–Kier alpha value is -4.04. The van der Waals surface area contributed by atoms with Gasteiger partial charge in [0.05, 0.1) is 34.1 Å². The van der Waals surface area contributed by atoms with Crippen LogP contribution in [0.5, 0.6) is 0 Å². The number of aromatic amines is 1. The van der Waals surface area contributed by atoms with Gasteiger partial charge in [0, 0.05) is 69.2 Å². The van der Waals surface area contributed by atoms with Gasteiger partial charge in [0.1, 0.15) is 5.82 Å². The molecule has 1 aromatic heterocycles. The summed E-state index contributed by atoms with van der Waals surface area (Å²) in [6.45, 7) is 6.38. The Labute approximate surface area is 261 Å². The number of carbonyl (C=O) groups is 1. The molecule has 238 valence electrons. The molecule has 6 rings (SSSR count). The number of hydrogen-bond acceptors (Lipinski definition) is 9. The van der Waals surface area contributed by atoms with Gasteiger partial charge in [-0.1, -0.05) is 6.07 Å². The number of nitrogens with one attached hydrogen (secondary N) is 3. The number of benzene rings is 3. The van der Waals surface area contributed by atoms with E-state index < -0.39 is 15.7 Å². The number of nitrogens with zero attached hydrogens (tertiary/aromatic N) is 3. The molecule has 11 nitrogen and oxygen atoms in total. The van der Waals surface area contributed by atoms with Gasteiger partial charge in [0.25, 0.3) is 5.91 Å². The van der Waals surface area contributed by atoms with Gasteiger partial charge in [-0.25, -0.2) is 12.8 Å². The van der Waals surface area contributed by atoms with Gasteiger partial charge in [0.15, 0.2) is 5.82 Å². The van der Waals surface area contributed by atoms with Crippen molar-refractivity contribution in [2.24, 2.45) is 0 Å². The first-order chi connectivity index (χ1) is 21.8. The third kappa shape index (κ3) is 7.12. The number of halogens is 1. The van der Waals surface area contributed by atoms with Crippen LogP contribution in [0.25, 0.3) is 10.9 Å². The third-order valence-corrected chi connectivity index (χ3v) is 10.1. The molecule has 0 bridgehead atoms. The van der Waals surface area contributed by atoms with Crippen molar-refractivity contribution in [3.63, 3.8) is 0 Å². The maximum atomic E-state index is 13.8. The highest BCUT2D eigenvalue weighted by Crippen LogP contribution is 2.30. The van der Waals surface area contributed by atoms with Gasteiger partial charge in [0.2, 0.25) is 9.84 Å². The number of rotatable bonds is 10. The average Bonchev–Trinajstić information content (AvgIpc) is 3.46.